The van der Waals surface area contributed by atoms with Crippen molar-refractivity contribution < 1.29 is 33.3 Å². The number of halogens is 1. The number of ether oxygens (including phenoxy) is 4. The number of piperazine rings is 3. The lowest BCUT2D eigenvalue weighted by molar-refractivity contribution is -0.129. The Morgan fingerprint density at radius 1 is 0.536 bits per heavy atom. The highest BCUT2D eigenvalue weighted by Gasteiger charge is 2.43. The molecule has 138 heavy (non-hydrogen) atoms. The molecule has 0 unspecified atom stereocenters. The van der Waals surface area contributed by atoms with Gasteiger partial charge in [-0.25, -0.2) is 13.1 Å². The third kappa shape index (κ3) is 22.3. The average Bonchev–Trinajstić information content (AvgIpc) is 1.21. The van der Waals surface area contributed by atoms with E-state index in [1.165, 1.54) is 82.9 Å². The summed E-state index contributed by atoms with van der Waals surface area (Å²) in [5.74, 6) is 3.21. The van der Waals surface area contributed by atoms with E-state index in [4.69, 9.17) is 73.6 Å². The van der Waals surface area contributed by atoms with Crippen LogP contribution in [-0.2, 0) is 58.0 Å². The summed E-state index contributed by atoms with van der Waals surface area (Å²) < 4.78 is 24.4. The van der Waals surface area contributed by atoms with Gasteiger partial charge in [0.25, 0.3) is 0 Å². The number of nitrogens with zero attached hydrogens (tertiary/aromatic N) is 22. The highest BCUT2D eigenvalue weighted by atomic mass is 35.5. The number of fused-ring (bicyclic) bond motifs is 8. The summed E-state index contributed by atoms with van der Waals surface area (Å²) in [6.45, 7) is 46.1. The Labute approximate surface area is 830 Å². The van der Waals surface area contributed by atoms with Crippen LogP contribution in [0.3, 0.4) is 0 Å². The highest BCUT2D eigenvalue weighted by molar-refractivity contribution is 7.59. The molecule has 11 aliphatic rings. The van der Waals surface area contributed by atoms with Crippen molar-refractivity contribution >= 4 is 123 Å². The molecule has 1 aliphatic carbocycles. The van der Waals surface area contributed by atoms with Gasteiger partial charge in [0.05, 0.1) is 80.1 Å². The number of carbonyl (C=O) groups excluding carboxylic acids is 3. The van der Waals surface area contributed by atoms with Gasteiger partial charge in [0, 0.05) is 185 Å². The van der Waals surface area contributed by atoms with Crippen LogP contribution in [0.15, 0.2) is 153 Å². The van der Waals surface area contributed by atoms with Crippen molar-refractivity contribution in [3.8, 4) is 24.1 Å². The molecule has 3 aromatic heterocycles. The van der Waals surface area contributed by atoms with E-state index in [9.17, 15) is 19.6 Å². The number of amides is 3. The number of aromatic nitrogens is 6. The summed E-state index contributed by atoms with van der Waals surface area (Å²) >= 11 is 6.74. The molecular formula is C106H131ClN22O7S2. The van der Waals surface area contributed by atoms with Crippen LogP contribution >= 0.6 is 38.6 Å². The number of carbonyl (C=O) groups is 3. The Kier molecular flexibility index (Phi) is 33.2. The van der Waals surface area contributed by atoms with Crippen molar-refractivity contribution in [2.45, 2.75) is 153 Å². The fraction of sp³-hybridized carbons (Fsp3) is 0.491. The van der Waals surface area contributed by atoms with E-state index in [1.54, 1.807) is 15.9 Å². The van der Waals surface area contributed by atoms with Crippen LogP contribution in [-0.4, -0.2) is 302 Å². The normalized spacial score (nSPS) is 22.2. The SMILES string of the molecule is CN1CCC[C@H]1COc1nc2c(c(N3CCN(C(=O)/C=C/CN4CCOCC4)[C@@H](CC#N)C3)n1)CCN(c1cccc3cccc(Cl)c13)C2.S.S.[C-]#[N+]C[C@H]1CN(c2nc(OCCCN3C[C@H]4CC[C@@H]3C4)nc3c2CCN(c2cccc4cccc(C)c24)C3)CCN1C(=O)C=C.[C-]#[N+]C[C@H]1CN(c2nc(OC[C@@H]3CCCN3C)nc3c2CCN(c2cccc4ccccc24)C3)[C@@H](C)CN1C(=O)C=C. The molecule has 32 heteroatoms. The smallest absolute Gasteiger partial charge is 0.318 e. The van der Waals surface area contributed by atoms with E-state index in [2.05, 4.69) is 209 Å². The third-order valence-electron chi connectivity index (χ3n) is 29.8. The predicted octanol–water partition coefficient (Wildman–Crippen LogP) is 13.4. The van der Waals surface area contributed by atoms with Gasteiger partial charge >= 0.3 is 18.0 Å². The maximum atomic E-state index is 13.4. The summed E-state index contributed by atoms with van der Waals surface area (Å²) in [4.78, 5) is 105. The number of hydrogen-bond donors (Lipinski definition) is 0. The molecule has 3 amide bonds. The van der Waals surface area contributed by atoms with Gasteiger partial charge in [-0.15, -0.1) is 0 Å². The number of benzene rings is 6. The summed E-state index contributed by atoms with van der Waals surface area (Å²) in [6.07, 6.45) is 18.5. The summed E-state index contributed by atoms with van der Waals surface area (Å²) in [5, 5.41) is 17.7. The maximum Gasteiger partial charge on any atom is 0.318 e. The van der Waals surface area contributed by atoms with Crippen molar-refractivity contribution in [3.05, 3.63) is 220 Å². The Balaban J connectivity index is 0.000000149. The minimum Gasteiger partial charge on any atom is -0.463 e. The van der Waals surface area contributed by atoms with Crippen LogP contribution in [0.5, 0.6) is 18.0 Å². The third-order valence-corrected chi connectivity index (χ3v) is 30.1. The van der Waals surface area contributed by atoms with Gasteiger partial charge in [-0.1, -0.05) is 122 Å². The fourth-order valence-corrected chi connectivity index (χ4v) is 22.8. The molecule has 0 N–H and O–H groups in total. The number of morpholine rings is 1. The molecule has 0 spiro atoms. The van der Waals surface area contributed by atoms with Crippen molar-refractivity contribution in [1.29, 1.82) is 5.26 Å². The van der Waals surface area contributed by atoms with Gasteiger partial charge in [0.15, 0.2) is 0 Å². The minimum atomic E-state index is -0.251. The van der Waals surface area contributed by atoms with Gasteiger partial charge in [0.1, 0.15) is 42.8 Å². The second kappa shape index (κ2) is 46.0. The molecule has 20 rings (SSSR count). The molecule has 6 aromatic carbocycles. The number of nitriles is 1. The molecule has 13 heterocycles. The molecule has 7 saturated heterocycles. The van der Waals surface area contributed by atoms with E-state index in [-0.39, 0.29) is 88.4 Å². The minimum absolute atomic E-state index is 0. The quantitative estimate of drug-likeness (QED) is 0.0293. The molecule has 1 saturated carbocycles. The van der Waals surface area contributed by atoms with Crippen LogP contribution in [0, 0.1) is 37.3 Å². The maximum absolute atomic E-state index is 13.4. The fourth-order valence-electron chi connectivity index (χ4n) is 22.5. The highest BCUT2D eigenvalue weighted by Crippen LogP contribution is 2.43. The average molecular weight is 1920 g/mol. The standard InChI is InChI=1S/C37H45ClN8O3.C36H43N7O2.C33H39N7O2.2H2S/c1-42-15-4-8-29(42)26-49-37-40-32-25-44(33-10-3-7-27-6-2-9-31(38)35(27)33)17-13-30(32)36(41-37)45-18-19-46(28(24-45)12-14-39)34(47)11-5-16-43-20-22-48-23-21-43;1-4-33(44)43-18-17-42(23-29(43)21-37-3)35-30-14-16-41(32-11-6-10-27-9-5-8-25(2)34(27)32)24-31(30)38-36(39-35)45-19-7-15-40-22-26-12-13-28(40)20-26;1-5-31(41)40-19-23(2)39(20-26(40)18-34-3)32-28-15-17-38(30-14-8-11-24-10-6-7-13-27(24)30)21-29(28)35-33(36-32)42-22-25-12-9-16-37(25)4;;/h2-3,5-7,9-11,28-29H,4,8,12-13,15-26H2,1H3;4-6,8-11,26,28-29H,1,7,12-24H2,2H3;5-8,10-11,13-14,23,25-26H,1,9,12,15-22H2,2,4H3;2*1H2/b11-5+;;;;/t28-,29-;26-,28+,29-;23-,25-,26-;;/m000../s1. The van der Waals surface area contributed by atoms with Crippen molar-refractivity contribution in [2.24, 2.45) is 5.92 Å². The number of rotatable bonds is 25. The topological polar surface area (TPSA) is 240 Å². The van der Waals surface area contributed by atoms with Crippen LogP contribution in [0.2, 0.25) is 5.02 Å². The van der Waals surface area contributed by atoms with Crippen LogP contribution < -0.4 is 43.6 Å². The molecule has 9 aromatic rings. The lowest BCUT2D eigenvalue weighted by Gasteiger charge is -2.45. The number of piperidine rings is 1. The first-order valence-corrected chi connectivity index (χ1v) is 49.4. The van der Waals surface area contributed by atoms with Gasteiger partial charge in [-0.2, -0.15) is 62.2 Å². The van der Waals surface area contributed by atoms with Gasteiger partial charge in [-0.05, 0) is 176 Å². The van der Waals surface area contributed by atoms with E-state index in [1.807, 2.05) is 23.1 Å². The Morgan fingerprint density at radius 3 is 1.62 bits per heavy atom. The number of hydrogen-bond acceptors (Lipinski definition) is 24. The number of likely N-dealkylation sites (tertiary alicyclic amines) is 3. The first kappa shape index (κ1) is 99.4. The number of likely N-dealkylation sites (N-methyl/N-ethyl adjacent to an activating group) is 2. The molecule has 0 radical (unpaired) electrons. The zero-order valence-corrected chi connectivity index (χ0v) is 82.9. The first-order valence-electron chi connectivity index (χ1n) is 49.0. The van der Waals surface area contributed by atoms with Crippen LogP contribution in [0.1, 0.15) is 104 Å². The zero-order valence-electron chi connectivity index (χ0n) is 80.2. The van der Waals surface area contributed by atoms with E-state index in [0.717, 1.165) is 195 Å². The van der Waals surface area contributed by atoms with E-state index < -0.39 is 0 Å². The molecule has 726 valence electrons. The van der Waals surface area contributed by atoms with Crippen molar-refractivity contribution in [2.75, 3.05) is 207 Å². The Bertz CT molecular complexity index is 6010. The zero-order chi connectivity index (χ0) is 93.9. The summed E-state index contributed by atoms with van der Waals surface area (Å²) in [5.41, 5.74) is 11.1. The van der Waals surface area contributed by atoms with Crippen molar-refractivity contribution in [3.63, 3.8) is 0 Å². The van der Waals surface area contributed by atoms with E-state index in [0.29, 0.717) is 128 Å². The summed E-state index contributed by atoms with van der Waals surface area (Å²) in [7, 11) is 4.28. The lowest BCUT2D eigenvalue weighted by atomic mass is 9.99. The molecule has 29 nitrogen and oxygen atoms in total. The number of anilines is 6. The first-order chi connectivity index (χ1) is 66.5. The summed E-state index contributed by atoms with van der Waals surface area (Å²) in [6, 6.07) is 44.6. The number of aryl methyl sites for hydroxylation is 1. The molecular weight excluding hydrogens is 1790 g/mol. The Morgan fingerprint density at radius 2 is 1.05 bits per heavy atom. The second-order valence-corrected chi connectivity index (χ2v) is 38.6. The van der Waals surface area contributed by atoms with Crippen LogP contribution in [0.25, 0.3) is 42.0 Å². The van der Waals surface area contributed by atoms with Crippen LogP contribution in [0.4, 0.5) is 34.5 Å². The Hall–Kier alpha value is -11.6. The molecule has 8 fully saturated rings. The predicted molar refractivity (Wildman–Crippen MR) is 556 cm³/mol. The molecule has 2 bridgehead atoms. The lowest BCUT2D eigenvalue weighted by Crippen LogP contribution is -2.60. The molecule has 10 aliphatic heterocycles. The van der Waals surface area contributed by atoms with E-state index >= 15 is 0 Å². The van der Waals surface area contributed by atoms with Gasteiger partial charge < -0.3 is 82.5 Å². The second-order valence-electron chi connectivity index (χ2n) is 38.2. The monoisotopic (exact) mass is 1920 g/mol. The molecule has 8 atom stereocenters. The van der Waals surface area contributed by atoms with Gasteiger partial charge in [0.2, 0.25) is 30.8 Å². The van der Waals surface area contributed by atoms with Crippen molar-refractivity contribution in [1.82, 2.24) is 64.2 Å². The van der Waals surface area contributed by atoms with Gasteiger partial charge in [-0.3, -0.25) is 24.2 Å². The largest absolute Gasteiger partial charge is 0.463 e.